The van der Waals surface area contributed by atoms with Gasteiger partial charge in [-0.3, -0.25) is 9.59 Å². The summed E-state index contributed by atoms with van der Waals surface area (Å²) in [5.41, 5.74) is 6.64. The highest BCUT2D eigenvalue weighted by atomic mass is 35.5. The average molecular weight is 568 g/mol. The lowest BCUT2D eigenvalue weighted by Crippen LogP contribution is -2.40. The molecule has 0 amide bonds. The molecular weight excluding hydrogens is 547 g/mol. The second-order valence-electron chi connectivity index (χ2n) is 9.06. The van der Waals surface area contributed by atoms with Gasteiger partial charge in [-0.1, -0.05) is 23.2 Å². The van der Waals surface area contributed by atoms with Gasteiger partial charge < -0.3 is 15.5 Å². The summed E-state index contributed by atoms with van der Waals surface area (Å²) in [5.74, 6) is -5.44. The van der Waals surface area contributed by atoms with E-state index in [4.69, 9.17) is 23.2 Å². The van der Waals surface area contributed by atoms with Crippen molar-refractivity contribution >= 4 is 51.8 Å². The second-order valence-corrected chi connectivity index (χ2v) is 9.87. The van der Waals surface area contributed by atoms with E-state index >= 15 is 0 Å². The number of hydrogen-bond acceptors (Lipinski definition) is 5. The largest absolute Gasteiger partial charge is 0.458 e. The van der Waals surface area contributed by atoms with Crippen molar-refractivity contribution in [1.82, 2.24) is 5.32 Å². The van der Waals surface area contributed by atoms with Crippen LogP contribution in [0.3, 0.4) is 0 Å². The van der Waals surface area contributed by atoms with Crippen molar-refractivity contribution in [2.24, 2.45) is 5.92 Å². The molecule has 13 heteroatoms. The second kappa shape index (κ2) is 10.3. The minimum Gasteiger partial charge on any atom is -0.371 e. The standard InChI is InChI=1S/C20H21Cl2N3.C4F6O2/c21-18-4-3-14(8-19(18)22)24-15-6-12-2-1-5-25-11-13-9-23-10-17(13)16(7-15)20(12)25;5-3(6,7)1(11)2(12)4(8,9)10/h3-4,6-8,13,17,23-24H,1-2,5,9-11H2;/t13-,17-;/m1./s1. The Morgan fingerprint density at radius 1 is 0.919 bits per heavy atom. The molecule has 0 spiro atoms. The monoisotopic (exact) mass is 567 g/mol. The molecular formula is C24H21Cl2F6N3O2. The van der Waals surface area contributed by atoms with E-state index in [0.717, 1.165) is 30.4 Å². The van der Waals surface area contributed by atoms with Crippen molar-refractivity contribution in [3.05, 3.63) is 51.5 Å². The van der Waals surface area contributed by atoms with Crippen molar-refractivity contribution in [3.63, 3.8) is 0 Å². The fraction of sp³-hybridized carbons (Fsp3) is 0.417. The molecule has 0 radical (unpaired) electrons. The van der Waals surface area contributed by atoms with Crippen molar-refractivity contribution in [2.45, 2.75) is 31.1 Å². The Kier molecular flexibility index (Phi) is 7.69. The number of rotatable bonds is 3. The number of carbonyl (C=O) groups is 2. The molecule has 5 rings (SSSR count). The summed E-state index contributed by atoms with van der Waals surface area (Å²) in [6.45, 7) is 4.64. The van der Waals surface area contributed by atoms with Crippen molar-refractivity contribution in [3.8, 4) is 0 Å². The fourth-order valence-electron chi connectivity index (χ4n) is 4.97. The summed E-state index contributed by atoms with van der Waals surface area (Å²) in [4.78, 5) is 21.8. The van der Waals surface area contributed by atoms with Crippen LogP contribution in [0.15, 0.2) is 30.3 Å². The van der Waals surface area contributed by atoms with Crippen molar-refractivity contribution in [2.75, 3.05) is 36.4 Å². The Bertz CT molecular complexity index is 1190. The molecule has 3 heterocycles. The van der Waals surface area contributed by atoms with E-state index in [1.54, 1.807) is 0 Å². The van der Waals surface area contributed by atoms with Crippen LogP contribution in [0.1, 0.15) is 23.5 Å². The first-order valence-corrected chi connectivity index (χ1v) is 12.1. The van der Waals surface area contributed by atoms with Crippen LogP contribution in [0.25, 0.3) is 0 Å². The number of benzene rings is 2. The molecule has 0 aliphatic carbocycles. The topological polar surface area (TPSA) is 61.4 Å². The van der Waals surface area contributed by atoms with Crippen molar-refractivity contribution in [1.29, 1.82) is 0 Å². The maximum Gasteiger partial charge on any atom is 0.458 e. The van der Waals surface area contributed by atoms with Crippen LogP contribution < -0.4 is 15.5 Å². The number of halogens is 8. The third kappa shape index (κ3) is 5.99. The third-order valence-electron chi connectivity index (χ3n) is 6.53. The highest BCUT2D eigenvalue weighted by molar-refractivity contribution is 6.42. The van der Waals surface area contributed by atoms with Gasteiger partial charge in [0.15, 0.2) is 0 Å². The van der Waals surface area contributed by atoms with E-state index in [1.807, 2.05) is 18.2 Å². The van der Waals surface area contributed by atoms with E-state index in [1.165, 1.54) is 42.7 Å². The molecule has 3 aliphatic heterocycles. The van der Waals surface area contributed by atoms with Gasteiger partial charge in [-0.15, -0.1) is 0 Å². The van der Waals surface area contributed by atoms with E-state index in [0.29, 0.717) is 16.0 Å². The molecule has 1 saturated heterocycles. The first-order chi connectivity index (χ1) is 17.3. The number of nitrogens with zero attached hydrogens (tertiary/aromatic N) is 1. The molecule has 5 nitrogen and oxygen atoms in total. The molecule has 3 aliphatic rings. The first kappa shape index (κ1) is 27.5. The minimum absolute atomic E-state index is 0.581. The molecule has 2 N–H and O–H groups in total. The predicted octanol–water partition coefficient (Wildman–Crippen LogP) is 6.06. The van der Waals surface area contributed by atoms with Gasteiger partial charge in [0.2, 0.25) is 0 Å². The Hall–Kier alpha value is -2.50. The number of alkyl halides is 6. The maximum absolute atomic E-state index is 11.2. The van der Waals surface area contributed by atoms with Crippen LogP contribution in [-0.4, -0.2) is 50.1 Å². The van der Waals surface area contributed by atoms with E-state index < -0.39 is 23.9 Å². The number of fused-ring (bicyclic) bond motifs is 2. The number of carbonyl (C=O) groups excluding carboxylic acids is 2. The third-order valence-corrected chi connectivity index (χ3v) is 7.27. The van der Waals surface area contributed by atoms with Crippen molar-refractivity contribution < 1.29 is 35.9 Å². The van der Waals surface area contributed by atoms with Gasteiger partial charge in [0.05, 0.1) is 10.0 Å². The Morgan fingerprint density at radius 2 is 1.59 bits per heavy atom. The molecule has 0 aromatic heterocycles. The molecule has 0 saturated carbocycles. The van der Waals surface area contributed by atoms with Gasteiger partial charge in [-0.25, -0.2) is 0 Å². The lowest BCUT2D eigenvalue weighted by Gasteiger charge is -2.42. The van der Waals surface area contributed by atoms with Crippen LogP contribution in [0.4, 0.5) is 43.4 Å². The molecule has 2 atom stereocenters. The van der Waals surface area contributed by atoms with Crippen LogP contribution in [0, 0.1) is 5.92 Å². The van der Waals surface area contributed by atoms with Crippen LogP contribution in [0.5, 0.6) is 0 Å². The van der Waals surface area contributed by atoms with Gasteiger partial charge in [-0.05, 0) is 60.2 Å². The number of ketones is 2. The quantitative estimate of drug-likeness (QED) is 0.349. The Labute approximate surface area is 218 Å². The van der Waals surface area contributed by atoms with E-state index in [2.05, 4.69) is 27.7 Å². The highest BCUT2D eigenvalue weighted by Gasteiger charge is 2.54. The zero-order valence-electron chi connectivity index (χ0n) is 19.1. The summed E-state index contributed by atoms with van der Waals surface area (Å²) in [6, 6.07) is 10.4. The molecule has 37 heavy (non-hydrogen) atoms. The minimum atomic E-state index is -5.77. The zero-order valence-corrected chi connectivity index (χ0v) is 20.6. The summed E-state index contributed by atoms with van der Waals surface area (Å²) in [7, 11) is 0. The fourth-order valence-corrected chi connectivity index (χ4v) is 5.27. The number of Topliss-reactive ketones (excluding diaryl/α,β-unsaturated/α-hetero) is 2. The number of nitrogens with one attached hydrogen (secondary N) is 2. The van der Waals surface area contributed by atoms with E-state index in [-0.39, 0.29) is 0 Å². The molecule has 2 aromatic rings. The maximum atomic E-state index is 11.2. The highest BCUT2D eigenvalue weighted by Crippen LogP contribution is 2.46. The van der Waals surface area contributed by atoms with Gasteiger partial charge in [0.1, 0.15) is 0 Å². The van der Waals surface area contributed by atoms with Crippen LogP contribution in [-0.2, 0) is 16.0 Å². The number of hydrogen-bond donors (Lipinski definition) is 2. The Morgan fingerprint density at radius 3 is 2.22 bits per heavy atom. The molecule has 0 unspecified atom stereocenters. The molecule has 0 bridgehead atoms. The average Bonchev–Trinajstić information content (AvgIpc) is 3.29. The smallest absolute Gasteiger partial charge is 0.371 e. The van der Waals surface area contributed by atoms with Gasteiger partial charge in [-0.2, -0.15) is 26.3 Å². The zero-order chi connectivity index (χ0) is 27.1. The lowest BCUT2D eigenvalue weighted by atomic mass is 9.80. The first-order valence-electron chi connectivity index (χ1n) is 11.3. The molecule has 200 valence electrons. The number of aryl methyl sites for hydroxylation is 1. The lowest BCUT2D eigenvalue weighted by molar-refractivity contribution is -0.193. The summed E-state index contributed by atoms with van der Waals surface area (Å²) in [6.07, 6.45) is -9.13. The number of anilines is 3. The normalized spacial score (nSPS) is 20.4. The predicted molar refractivity (Wildman–Crippen MR) is 128 cm³/mol. The Balaban J connectivity index is 0.000000229. The van der Waals surface area contributed by atoms with Gasteiger partial charge >= 0.3 is 23.9 Å². The van der Waals surface area contributed by atoms with Crippen LogP contribution in [0.2, 0.25) is 10.0 Å². The van der Waals surface area contributed by atoms with Crippen LogP contribution >= 0.6 is 23.2 Å². The summed E-state index contributed by atoms with van der Waals surface area (Å²) in [5, 5.41) is 8.29. The molecule has 2 aromatic carbocycles. The SMILES string of the molecule is Clc1ccc(Nc2cc3c4c(c2)[C@@H]2CNC[C@@H]2CN4CCC3)cc1Cl.O=C(C(=O)C(F)(F)F)C(F)(F)F. The molecule has 1 fully saturated rings. The van der Waals surface area contributed by atoms with Gasteiger partial charge in [0, 0.05) is 49.2 Å². The van der Waals surface area contributed by atoms with E-state index in [9.17, 15) is 35.9 Å². The van der Waals surface area contributed by atoms with Gasteiger partial charge in [0.25, 0.3) is 0 Å². The summed E-state index contributed by atoms with van der Waals surface area (Å²) >= 11 is 12.2. The summed E-state index contributed by atoms with van der Waals surface area (Å²) < 4.78 is 67.0.